The van der Waals surface area contributed by atoms with E-state index < -0.39 is 16.1 Å². The van der Waals surface area contributed by atoms with Crippen LogP contribution in [0, 0.1) is 0 Å². The SMILES string of the molecule is CSCCC(NS(=O)(=O)c1ccccc1)C(=O)NCC1(c2ccccc2)CCC1. The Kier molecular flexibility index (Phi) is 7.38. The highest BCUT2D eigenvalue weighted by Gasteiger charge is 2.39. The molecule has 2 aromatic carbocycles. The van der Waals surface area contributed by atoms with Crippen molar-refractivity contribution in [3.63, 3.8) is 0 Å². The van der Waals surface area contributed by atoms with Crippen molar-refractivity contribution in [1.82, 2.24) is 10.0 Å². The third-order valence-corrected chi connectivity index (χ3v) is 7.71. The molecule has 0 heterocycles. The van der Waals surface area contributed by atoms with Crippen molar-refractivity contribution in [3.8, 4) is 0 Å². The summed E-state index contributed by atoms with van der Waals surface area (Å²) in [5.41, 5.74) is 1.19. The second-order valence-corrected chi connectivity index (χ2v) is 10.2. The predicted molar refractivity (Wildman–Crippen MR) is 119 cm³/mol. The maximum Gasteiger partial charge on any atom is 0.241 e. The largest absolute Gasteiger partial charge is 0.354 e. The van der Waals surface area contributed by atoms with Crippen LogP contribution < -0.4 is 10.0 Å². The van der Waals surface area contributed by atoms with Gasteiger partial charge in [0.25, 0.3) is 0 Å². The molecule has 29 heavy (non-hydrogen) atoms. The average molecular weight is 433 g/mol. The Morgan fingerprint density at radius 1 is 1.07 bits per heavy atom. The number of hydrogen-bond acceptors (Lipinski definition) is 4. The van der Waals surface area contributed by atoms with Gasteiger partial charge in [-0.25, -0.2) is 8.42 Å². The van der Waals surface area contributed by atoms with Gasteiger partial charge in [0.2, 0.25) is 15.9 Å². The molecule has 0 saturated heterocycles. The van der Waals surface area contributed by atoms with Crippen LogP contribution in [0.1, 0.15) is 31.2 Å². The molecule has 2 aromatic rings. The molecular formula is C22H28N2O3S2. The van der Waals surface area contributed by atoms with Gasteiger partial charge in [0.15, 0.2) is 0 Å². The molecule has 1 unspecified atom stereocenters. The molecule has 1 atom stereocenters. The molecule has 0 aliphatic heterocycles. The standard InChI is InChI=1S/C22H28N2O3S2/c1-28-16-13-20(24-29(26,27)19-11-6-3-7-12-19)21(25)23-17-22(14-8-15-22)18-9-4-2-5-10-18/h2-7,9-12,20,24H,8,13-17H2,1H3,(H,23,25). The highest BCUT2D eigenvalue weighted by atomic mass is 32.2. The Hall–Kier alpha value is -1.83. The van der Waals surface area contributed by atoms with Crippen LogP contribution in [0.15, 0.2) is 65.6 Å². The van der Waals surface area contributed by atoms with Gasteiger partial charge in [0.05, 0.1) is 4.90 Å². The van der Waals surface area contributed by atoms with E-state index in [9.17, 15) is 13.2 Å². The van der Waals surface area contributed by atoms with Gasteiger partial charge in [0, 0.05) is 12.0 Å². The zero-order valence-corrected chi connectivity index (χ0v) is 18.3. The fourth-order valence-corrected chi connectivity index (χ4v) is 5.40. The highest BCUT2D eigenvalue weighted by Crippen LogP contribution is 2.43. The fraction of sp³-hybridized carbons (Fsp3) is 0.409. The summed E-state index contributed by atoms with van der Waals surface area (Å²) in [4.78, 5) is 13.1. The molecule has 1 aliphatic carbocycles. The maximum atomic E-state index is 12.9. The summed E-state index contributed by atoms with van der Waals surface area (Å²) in [6.07, 6.45) is 5.59. The summed E-state index contributed by atoms with van der Waals surface area (Å²) in [6.45, 7) is 0.526. The van der Waals surface area contributed by atoms with Gasteiger partial charge in [0.1, 0.15) is 6.04 Å². The van der Waals surface area contributed by atoms with Crippen LogP contribution in [0.25, 0.3) is 0 Å². The lowest BCUT2D eigenvalue weighted by Crippen LogP contribution is -2.52. The lowest BCUT2D eigenvalue weighted by atomic mass is 9.64. The topological polar surface area (TPSA) is 75.3 Å². The number of thioether (sulfide) groups is 1. The van der Waals surface area contributed by atoms with Crippen molar-refractivity contribution >= 4 is 27.7 Å². The Balaban J connectivity index is 1.69. The number of hydrogen-bond donors (Lipinski definition) is 2. The van der Waals surface area contributed by atoms with Crippen molar-refractivity contribution in [1.29, 1.82) is 0 Å². The van der Waals surface area contributed by atoms with E-state index in [4.69, 9.17) is 0 Å². The molecule has 0 spiro atoms. The lowest BCUT2D eigenvalue weighted by molar-refractivity contribution is -0.123. The van der Waals surface area contributed by atoms with Crippen molar-refractivity contribution in [2.75, 3.05) is 18.6 Å². The van der Waals surface area contributed by atoms with E-state index >= 15 is 0 Å². The van der Waals surface area contributed by atoms with E-state index in [0.717, 1.165) is 19.3 Å². The first-order valence-electron chi connectivity index (χ1n) is 9.86. The van der Waals surface area contributed by atoms with E-state index in [1.807, 2.05) is 24.5 Å². The van der Waals surface area contributed by atoms with E-state index in [-0.39, 0.29) is 16.2 Å². The van der Waals surface area contributed by atoms with Crippen LogP contribution >= 0.6 is 11.8 Å². The predicted octanol–water partition coefficient (Wildman–Crippen LogP) is 3.32. The summed E-state index contributed by atoms with van der Waals surface area (Å²) in [7, 11) is -3.75. The highest BCUT2D eigenvalue weighted by molar-refractivity contribution is 7.98. The monoisotopic (exact) mass is 432 g/mol. The van der Waals surface area contributed by atoms with Gasteiger partial charge in [-0.1, -0.05) is 55.0 Å². The van der Waals surface area contributed by atoms with Crippen molar-refractivity contribution in [2.45, 2.75) is 42.0 Å². The smallest absolute Gasteiger partial charge is 0.241 e. The summed E-state index contributed by atoms with van der Waals surface area (Å²) >= 11 is 1.59. The third kappa shape index (κ3) is 5.41. The first-order chi connectivity index (χ1) is 14.0. The van der Waals surface area contributed by atoms with Crippen LogP contribution in [-0.2, 0) is 20.2 Å². The average Bonchev–Trinajstić information content (AvgIpc) is 2.71. The second-order valence-electron chi connectivity index (χ2n) is 7.49. The Morgan fingerprint density at radius 3 is 2.24 bits per heavy atom. The van der Waals surface area contributed by atoms with E-state index in [1.165, 1.54) is 17.7 Å². The Morgan fingerprint density at radius 2 is 1.69 bits per heavy atom. The molecule has 2 N–H and O–H groups in total. The molecule has 5 nitrogen and oxygen atoms in total. The second kappa shape index (κ2) is 9.78. The van der Waals surface area contributed by atoms with Gasteiger partial charge < -0.3 is 5.32 Å². The van der Waals surface area contributed by atoms with Gasteiger partial charge in [-0.3, -0.25) is 4.79 Å². The molecule has 0 aromatic heterocycles. The zero-order valence-electron chi connectivity index (χ0n) is 16.6. The first kappa shape index (κ1) is 21.9. The van der Waals surface area contributed by atoms with E-state index in [0.29, 0.717) is 18.7 Å². The number of rotatable bonds is 10. The summed E-state index contributed by atoms with van der Waals surface area (Å²) in [5.74, 6) is 0.430. The minimum Gasteiger partial charge on any atom is -0.354 e. The van der Waals surface area contributed by atoms with Crippen LogP contribution in [0.3, 0.4) is 0 Å². The van der Waals surface area contributed by atoms with Gasteiger partial charge in [-0.05, 0) is 49.0 Å². The fourth-order valence-electron chi connectivity index (χ4n) is 3.68. The Labute approximate surface area is 177 Å². The molecule has 0 radical (unpaired) electrons. The maximum absolute atomic E-state index is 12.9. The number of carbonyl (C=O) groups excluding carboxylic acids is 1. The molecule has 1 saturated carbocycles. The normalized spacial score (nSPS) is 16.6. The number of benzene rings is 2. The Bertz CT molecular complexity index is 898. The number of amides is 1. The van der Waals surface area contributed by atoms with Crippen molar-refractivity contribution in [3.05, 3.63) is 66.2 Å². The van der Waals surface area contributed by atoms with Gasteiger partial charge in [-0.2, -0.15) is 16.5 Å². The number of nitrogens with one attached hydrogen (secondary N) is 2. The van der Waals surface area contributed by atoms with Crippen molar-refractivity contribution in [2.24, 2.45) is 0 Å². The van der Waals surface area contributed by atoms with E-state index in [1.54, 1.807) is 30.0 Å². The molecular weight excluding hydrogens is 404 g/mol. The van der Waals surface area contributed by atoms with Crippen LogP contribution in [0.4, 0.5) is 0 Å². The quantitative estimate of drug-likeness (QED) is 0.604. The van der Waals surface area contributed by atoms with E-state index in [2.05, 4.69) is 22.2 Å². The zero-order chi connectivity index (χ0) is 20.7. The summed E-state index contributed by atoms with van der Waals surface area (Å²) in [5, 5.41) is 3.03. The minimum atomic E-state index is -3.75. The molecule has 1 amide bonds. The minimum absolute atomic E-state index is 0.0424. The first-order valence-corrected chi connectivity index (χ1v) is 12.7. The van der Waals surface area contributed by atoms with Gasteiger partial charge in [-0.15, -0.1) is 0 Å². The van der Waals surface area contributed by atoms with Crippen molar-refractivity contribution < 1.29 is 13.2 Å². The molecule has 0 bridgehead atoms. The summed E-state index contributed by atoms with van der Waals surface area (Å²) in [6, 6.07) is 17.6. The third-order valence-electron chi connectivity index (χ3n) is 5.58. The van der Waals surface area contributed by atoms with Crippen LogP contribution in [-0.4, -0.2) is 38.9 Å². The molecule has 1 aliphatic rings. The molecule has 3 rings (SSSR count). The molecule has 156 valence electrons. The van der Waals surface area contributed by atoms with Gasteiger partial charge >= 0.3 is 0 Å². The molecule has 1 fully saturated rings. The number of sulfonamides is 1. The van der Waals surface area contributed by atoms with Crippen LogP contribution in [0.2, 0.25) is 0 Å². The number of carbonyl (C=O) groups is 1. The summed E-state index contributed by atoms with van der Waals surface area (Å²) < 4.78 is 28.0. The van der Waals surface area contributed by atoms with Crippen LogP contribution in [0.5, 0.6) is 0 Å². The molecule has 7 heteroatoms. The lowest BCUT2D eigenvalue weighted by Gasteiger charge is -2.43.